The van der Waals surface area contributed by atoms with Gasteiger partial charge in [0, 0.05) is 24.6 Å². The fourth-order valence-corrected chi connectivity index (χ4v) is 5.39. The molecule has 4 aliphatic rings. The molecule has 6 rings (SSSR count). The first-order valence-corrected chi connectivity index (χ1v) is 11.0. The maximum atomic E-state index is 13.2. The molecule has 2 aromatic rings. The molecule has 3 heterocycles. The maximum Gasteiger partial charge on any atom is 0.246 e. The van der Waals surface area contributed by atoms with Gasteiger partial charge in [-0.25, -0.2) is 0 Å². The zero-order valence-corrected chi connectivity index (χ0v) is 17.4. The summed E-state index contributed by atoms with van der Waals surface area (Å²) in [6.45, 7) is 2.75. The second-order valence-electron chi connectivity index (χ2n) is 8.78. The molecule has 1 fully saturated rings. The molecule has 0 bridgehead atoms. The topological polar surface area (TPSA) is 57.2 Å². The molecule has 6 heteroatoms. The second kappa shape index (κ2) is 7.22. The number of carbonyl (C=O) groups is 1. The molecule has 3 aliphatic heterocycles. The van der Waals surface area contributed by atoms with Crippen molar-refractivity contribution in [3.8, 4) is 23.0 Å². The van der Waals surface area contributed by atoms with Gasteiger partial charge in [0.2, 0.25) is 12.7 Å². The smallest absolute Gasteiger partial charge is 0.246 e. The fraction of sp³-hybridized carbons (Fsp3) is 0.400. The van der Waals surface area contributed by atoms with Gasteiger partial charge in [0.1, 0.15) is 13.2 Å². The van der Waals surface area contributed by atoms with Crippen LogP contribution in [0.4, 0.5) is 0 Å². The molecule has 2 aromatic carbocycles. The molecule has 0 unspecified atom stereocenters. The molecule has 0 saturated heterocycles. The number of amides is 1. The van der Waals surface area contributed by atoms with Gasteiger partial charge in [0.25, 0.3) is 0 Å². The fourth-order valence-electron chi connectivity index (χ4n) is 5.39. The van der Waals surface area contributed by atoms with Crippen LogP contribution in [0.15, 0.2) is 36.4 Å². The number of rotatable bonds is 2. The van der Waals surface area contributed by atoms with Gasteiger partial charge in [-0.15, -0.1) is 0 Å². The van der Waals surface area contributed by atoms with E-state index < -0.39 is 0 Å². The quantitative estimate of drug-likeness (QED) is 0.688. The predicted octanol–water partition coefficient (Wildman–Crippen LogP) is 4.05. The Hall–Kier alpha value is -3.15. The number of hydrogen-bond acceptors (Lipinski definition) is 5. The highest BCUT2D eigenvalue weighted by Crippen LogP contribution is 2.49. The van der Waals surface area contributed by atoms with Crippen molar-refractivity contribution in [2.24, 2.45) is 0 Å². The summed E-state index contributed by atoms with van der Waals surface area (Å²) >= 11 is 0. The van der Waals surface area contributed by atoms with Crippen molar-refractivity contribution in [2.45, 2.75) is 37.6 Å². The monoisotopic (exact) mass is 419 g/mol. The minimum Gasteiger partial charge on any atom is -0.486 e. The zero-order chi connectivity index (χ0) is 20.8. The van der Waals surface area contributed by atoms with Crippen molar-refractivity contribution < 1.29 is 23.7 Å². The highest BCUT2D eigenvalue weighted by Gasteiger charge is 2.43. The van der Waals surface area contributed by atoms with Gasteiger partial charge >= 0.3 is 0 Å². The molecule has 160 valence electrons. The number of fused-ring (bicyclic) bond motifs is 4. The lowest BCUT2D eigenvalue weighted by Crippen LogP contribution is -2.46. The largest absolute Gasteiger partial charge is 0.486 e. The Morgan fingerprint density at radius 2 is 1.65 bits per heavy atom. The highest BCUT2D eigenvalue weighted by molar-refractivity contribution is 5.92. The van der Waals surface area contributed by atoms with Gasteiger partial charge in [0.15, 0.2) is 23.0 Å². The Balaban J connectivity index is 1.28. The van der Waals surface area contributed by atoms with E-state index in [0.29, 0.717) is 19.8 Å². The van der Waals surface area contributed by atoms with Crippen LogP contribution >= 0.6 is 0 Å². The first-order valence-electron chi connectivity index (χ1n) is 11.0. The van der Waals surface area contributed by atoms with Crippen molar-refractivity contribution in [3.05, 3.63) is 53.1 Å². The van der Waals surface area contributed by atoms with E-state index in [0.717, 1.165) is 47.9 Å². The van der Waals surface area contributed by atoms with Crippen LogP contribution in [-0.2, 0) is 16.8 Å². The van der Waals surface area contributed by atoms with Gasteiger partial charge in [-0.05, 0) is 59.9 Å². The van der Waals surface area contributed by atoms with E-state index in [2.05, 4.69) is 12.1 Å². The highest BCUT2D eigenvalue weighted by atomic mass is 16.7. The molecule has 1 saturated carbocycles. The number of ether oxygens (including phenoxy) is 4. The number of hydrogen-bond donors (Lipinski definition) is 0. The third kappa shape index (κ3) is 3.21. The Morgan fingerprint density at radius 1 is 0.903 bits per heavy atom. The van der Waals surface area contributed by atoms with Crippen LogP contribution < -0.4 is 18.9 Å². The van der Waals surface area contributed by atoms with Gasteiger partial charge in [-0.1, -0.05) is 18.9 Å². The molecular weight excluding hydrogens is 394 g/mol. The first kappa shape index (κ1) is 18.6. The average Bonchev–Trinajstić information content (AvgIpc) is 3.46. The lowest BCUT2D eigenvalue weighted by atomic mass is 9.73. The molecule has 0 N–H and O–H groups in total. The summed E-state index contributed by atoms with van der Waals surface area (Å²) in [4.78, 5) is 15.2. The summed E-state index contributed by atoms with van der Waals surface area (Å²) in [6, 6.07) is 9.98. The van der Waals surface area contributed by atoms with Crippen molar-refractivity contribution >= 4 is 12.0 Å². The molecular formula is C25H25NO5. The van der Waals surface area contributed by atoms with Crippen LogP contribution in [0.1, 0.15) is 42.4 Å². The minimum atomic E-state index is 0.0195. The van der Waals surface area contributed by atoms with E-state index in [-0.39, 0.29) is 18.1 Å². The molecule has 0 aromatic heterocycles. The summed E-state index contributed by atoms with van der Waals surface area (Å²) in [5, 5.41) is 0. The number of benzene rings is 2. The number of carbonyl (C=O) groups excluding carboxylic acids is 1. The first-order chi connectivity index (χ1) is 15.2. The zero-order valence-electron chi connectivity index (χ0n) is 17.4. The molecule has 1 aliphatic carbocycles. The number of nitrogens with zero attached hydrogens (tertiary/aromatic N) is 1. The summed E-state index contributed by atoms with van der Waals surface area (Å²) in [6.07, 6.45) is 8.13. The summed E-state index contributed by atoms with van der Waals surface area (Å²) in [5.41, 5.74) is 3.47. The third-order valence-corrected chi connectivity index (χ3v) is 6.88. The van der Waals surface area contributed by atoms with E-state index in [1.807, 2.05) is 29.2 Å². The molecule has 0 atom stereocenters. The Kier molecular flexibility index (Phi) is 4.33. The molecule has 6 nitrogen and oxygen atoms in total. The third-order valence-electron chi connectivity index (χ3n) is 6.88. The van der Waals surface area contributed by atoms with Gasteiger partial charge in [-0.2, -0.15) is 0 Å². The second-order valence-corrected chi connectivity index (χ2v) is 8.78. The summed E-state index contributed by atoms with van der Waals surface area (Å²) < 4.78 is 22.5. The Bertz CT molecular complexity index is 1070. The van der Waals surface area contributed by atoms with Crippen LogP contribution in [0.5, 0.6) is 23.0 Å². The lowest BCUT2D eigenvalue weighted by molar-refractivity contribution is -0.128. The molecule has 1 amide bonds. The SMILES string of the molecule is O=C(C=Cc1ccc2c(c1)OCO2)N1Cc2cc3c(cc2C2(CCCC2)C1)OCCO3. The van der Waals surface area contributed by atoms with Crippen molar-refractivity contribution in [3.63, 3.8) is 0 Å². The lowest BCUT2D eigenvalue weighted by Gasteiger charge is -2.42. The van der Waals surface area contributed by atoms with Crippen LogP contribution in [0, 0.1) is 0 Å². The molecule has 0 radical (unpaired) electrons. The Labute approximate surface area is 181 Å². The van der Waals surface area contributed by atoms with Crippen LogP contribution in [0.25, 0.3) is 6.08 Å². The molecule has 31 heavy (non-hydrogen) atoms. The van der Waals surface area contributed by atoms with E-state index in [1.54, 1.807) is 6.08 Å². The van der Waals surface area contributed by atoms with Crippen LogP contribution in [-0.4, -0.2) is 37.4 Å². The van der Waals surface area contributed by atoms with Crippen LogP contribution in [0.3, 0.4) is 0 Å². The van der Waals surface area contributed by atoms with Crippen molar-refractivity contribution in [1.82, 2.24) is 4.90 Å². The van der Waals surface area contributed by atoms with E-state index in [9.17, 15) is 4.79 Å². The maximum absolute atomic E-state index is 13.2. The average molecular weight is 419 g/mol. The minimum absolute atomic E-state index is 0.0195. The van der Waals surface area contributed by atoms with Gasteiger partial charge in [0.05, 0.1) is 0 Å². The van der Waals surface area contributed by atoms with E-state index >= 15 is 0 Å². The van der Waals surface area contributed by atoms with Crippen molar-refractivity contribution in [1.29, 1.82) is 0 Å². The van der Waals surface area contributed by atoms with Gasteiger partial charge in [-0.3, -0.25) is 4.79 Å². The standard InChI is InChI=1S/C25H25NO5/c27-24(6-4-17-3-5-20-21(11-17)31-16-30-20)26-14-18-12-22-23(29-10-9-28-22)13-19(18)25(15-26)7-1-2-8-25/h3-6,11-13H,1-2,7-10,14-16H2. The van der Waals surface area contributed by atoms with Gasteiger partial charge < -0.3 is 23.8 Å². The van der Waals surface area contributed by atoms with E-state index in [1.165, 1.54) is 24.0 Å². The summed E-state index contributed by atoms with van der Waals surface area (Å²) in [5.74, 6) is 3.14. The normalized spacial score (nSPS) is 20.3. The Morgan fingerprint density at radius 3 is 2.48 bits per heavy atom. The van der Waals surface area contributed by atoms with E-state index in [4.69, 9.17) is 18.9 Å². The molecule has 1 spiro atoms. The summed E-state index contributed by atoms with van der Waals surface area (Å²) in [7, 11) is 0. The predicted molar refractivity (Wildman–Crippen MR) is 115 cm³/mol. The van der Waals surface area contributed by atoms with Crippen LogP contribution in [0.2, 0.25) is 0 Å². The van der Waals surface area contributed by atoms with Crippen molar-refractivity contribution in [2.75, 3.05) is 26.6 Å².